The van der Waals surface area contributed by atoms with Crippen molar-refractivity contribution in [2.45, 2.75) is 13.8 Å². The minimum atomic E-state index is -0.983. The summed E-state index contributed by atoms with van der Waals surface area (Å²) in [7, 11) is 0. The molecule has 86 valence electrons. The summed E-state index contributed by atoms with van der Waals surface area (Å²) in [5.41, 5.74) is 1.62. The van der Waals surface area contributed by atoms with Crippen LogP contribution in [0.5, 0.6) is 0 Å². The van der Waals surface area contributed by atoms with Gasteiger partial charge < -0.3 is 5.11 Å². The van der Waals surface area contributed by atoms with E-state index in [2.05, 4.69) is 20.4 Å². The molecule has 1 heterocycles. The van der Waals surface area contributed by atoms with E-state index in [0.717, 1.165) is 5.56 Å². The minimum absolute atomic E-state index is 0.198. The van der Waals surface area contributed by atoms with Crippen LogP contribution in [0.15, 0.2) is 18.2 Å². The van der Waals surface area contributed by atoms with Gasteiger partial charge in [0.25, 0.3) is 0 Å². The highest BCUT2D eigenvalue weighted by atomic mass is 16.4. The Kier molecular flexibility index (Phi) is 2.78. The molecule has 1 N–H and O–H groups in total. The van der Waals surface area contributed by atoms with Gasteiger partial charge in [0.05, 0.1) is 5.56 Å². The number of aromatic nitrogens is 4. The van der Waals surface area contributed by atoms with E-state index in [9.17, 15) is 4.79 Å². The predicted octanol–water partition coefficient (Wildman–Crippen LogP) is 1.25. The van der Waals surface area contributed by atoms with E-state index in [1.807, 2.05) is 6.92 Å². The van der Waals surface area contributed by atoms with Crippen molar-refractivity contribution in [1.29, 1.82) is 0 Å². The van der Waals surface area contributed by atoms with Crippen LogP contribution in [0.1, 0.15) is 21.7 Å². The molecule has 0 aliphatic heterocycles. The monoisotopic (exact) mass is 230 g/mol. The summed E-state index contributed by atoms with van der Waals surface area (Å²) < 4.78 is 0. The summed E-state index contributed by atoms with van der Waals surface area (Å²) in [5, 5.41) is 24.3. The Hall–Kier alpha value is -2.37. The number of aromatic carboxylic acids is 1. The molecule has 6 nitrogen and oxygen atoms in total. The fraction of sp³-hybridized carbons (Fsp3) is 0.182. The zero-order chi connectivity index (χ0) is 12.4. The van der Waals surface area contributed by atoms with Crippen molar-refractivity contribution in [3.63, 3.8) is 0 Å². The lowest BCUT2D eigenvalue weighted by Gasteiger charge is -2.02. The maximum atomic E-state index is 10.9. The fourth-order valence-corrected chi connectivity index (χ4v) is 1.43. The maximum absolute atomic E-state index is 10.9. The van der Waals surface area contributed by atoms with Crippen molar-refractivity contribution in [2.24, 2.45) is 0 Å². The van der Waals surface area contributed by atoms with Crippen molar-refractivity contribution in [3.8, 4) is 11.4 Å². The van der Waals surface area contributed by atoms with Crippen molar-refractivity contribution < 1.29 is 9.90 Å². The van der Waals surface area contributed by atoms with Crippen molar-refractivity contribution in [3.05, 3.63) is 35.2 Å². The molecule has 6 heteroatoms. The molecule has 0 unspecified atom stereocenters. The van der Waals surface area contributed by atoms with E-state index in [1.54, 1.807) is 19.1 Å². The van der Waals surface area contributed by atoms with E-state index < -0.39 is 5.97 Å². The number of aryl methyl sites for hydroxylation is 2. The number of carbonyl (C=O) groups is 1. The number of rotatable bonds is 2. The number of benzene rings is 1. The Morgan fingerprint density at radius 2 is 1.71 bits per heavy atom. The first-order chi connectivity index (χ1) is 8.06. The van der Waals surface area contributed by atoms with Gasteiger partial charge in [-0.15, -0.1) is 20.4 Å². The average Bonchev–Trinajstić information content (AvgIpc) is 2.29. The number of hydrogen-bond donors (Lipinski definition) is 1. The van der Waals surface area contributed by atoms with E-state index in [0.29, 0.717) is 17.2 Å². The highest BCUT2D eigenvalue weighted by Crippen LogP contribution is 2.17. The summed E-state index contributed by atoms with van der Waals surface area (Å²) in [6.45, 7) is 3.49. The molecule has 0 saturated carbocycles. The molecule has 0 atom stereocenters. The lowest BCUT2D eigenvalue weighted by molar-refractivity contribution is 0.0697. The zero-order valence-electron chi connectivity index (χ0n) is 9.38. The van der Waals surface area contributed by atoms with Crippen LogP contribution in [0.25, 0.3) is 11.4 Å². The van der Waals surface area contributed by atoms with Gasteiger partial charge in [0.1, 0.15) is 0 Å². The molecular formula is C11H10N4O2. The largest absolute Gasteiger partial charge is 0.478 e. The standard InChI is InChI=1S/C11H10N4O2/c1-6-3-8(5-9(4-6)11(16)17)10-14-12-7(2)13-15-10/h3-5H,1-2H3,(H,16,17). The molecule has 1 aromatic heterocycles. The van der Waals surface area contributed by atoms with Crippen LogP contribution in [0.2, 0.25) is 0 Å². The molecule has 0 saturated heterocycles. The Morgan fingerprint density at radius 3 is 2.29 bits per heavy atom. The van der Waals surface area contributed by atoms with Gasteiger partial charge in [-0.25, -0.2) is 4.79 Å². The van der Waals surface area contributed by atoms with Gasteiger partial charge in [0.15, 0.2) is 5.82 Å². The molecule has 2 rings (SSSR count). The second kappa shape index (κ2) is 4.25. The molecule has 0 aliphatic rings. The molecule has 0 radical (unpaired) electrons. The van der Waals surface area contributed by atoms with Crippen LogP contribution in [0, 0.1) is 13.8 Å². The maximum Gasteiger partial charge on any atom is 0.335 e. The Balaban J connectivity index is 2.51. The van der Waals surface area contributed by atoms with E-state index in [1.165, 1.54) is 6.07 Å². The van der Waals surface area contributed by atoms with Crippen LogP contribution in [-0.4, -0.2) is 31.5 Å². The third-order valence-corrected chi connectivity index (χ3v) is 2.16. The highest BCUT2D eigenvalue weighted by molar-refractivity contribution is 5.89. The van der Waals surface area contributed by atoms with E-state index >= 15 is 0 Å². The molecule has 2 aromatic rings. The van der Waals surface area contributed by atoms with Crippen LogP contribution >= 0.6 is 0 Å². The molecule has 0 spiro atoms. The molecule has 17 heavy (non-hydrogen) atoms. The first-order valence-electron chi connectivity index (χ1n) is 4.95. The van der Waals surface area contributed by atoms with Crippen molar-refractivity contribution in [2.75, 3.05) is 0 Å². The van der Waals surface area contributed by atoms with Crippen molar-refractivity contribution in [1.82, 2.24) is 20.4 Å². The lowest BCUT2D eigenvalue weighted by atomic mass is 10.1. The molecule has 0 fully saturated rings. The van der Waals surface area contributed by atoms with Gasteiger partial charge >= 0.3 is 5.97 Å². The fourth-order valence-electron chi connectivity index (χ4n) is 1.43. The smallest absolute Gasteiger partial charge is 0.335 e. The summed E-state index contributed by atoms with van der Waals surface area (Å²) in [6, 6.07) is 4.88. The first-order valence-corrected chi connectivity index (χ1v) is 4.95. The number of carboxylic acid groups (broad SMARTS) is 1. The Bertz CT molecular complexity index is 566. The lowest BCUT2D eigenvalue weighted by Crippen LogP contribution is -2.01. The Morgan fingerprint density at radius 1 is 1.06 bits per heavy atom. The number of carboxylic acids is 1. The van der Waals surface area contributed by atoms with E-state index in [4.69, 9.17) is 5.11 Å². The van der Waals surface area contributed by atoms with Gasteiger partial charge in [0.2, 0.25) is 5.82 Å². The zero-order valence-corrected chi connectivity index (χ0v) is 9.38. The summed E-state index contributed by atoms with van der Waals surface area (Å²) in [5.74, 6) is -0.190. The highest BCUT2D eigenvalue weighted by Gasteiger charge is 2.09. The first kappa shape index (κ1) is 11.1. The Labute approximate surface area is 97.4 Å². The normalized spacial score (nSPS) is 10.2. The molecule has 0 aliphatic carbocycles. The van der Waals surface area contributed by atoms with Crippen LogP contribution in [0.3, 0.4) is 0 Å². The number of nitrogens with zero attached hydrogens (tertiary/aromatic N) is 4. The molecule has 0 bridgehead atoms. The molecular weight excluding hydrogens is 220 g/mol. The van der Waals surface area contributed by atoms with E-state index in [-0.39, 0.29) is 5.56 Å². The third kappa shape index (κ3) is 2.41. The van der Waals surface area contributed by atoms with Gasteiger partial charge in [-0.1, -0.05) is 0 Å². The van der Waals surface area contributed by atoms with Crippen molar-refractivity contribution >= 4 is 5.97 Å². The van der Waals surface area contributed by atoms with Gasteiger partial charge in [-0.05, 0) is 37.6 Å². The summed E-state index contributed by atoms with van der Waals surface area (Å²) in [6.07, 6.45) is 0. The molecule has 1 aromatic carbocycles. The number of hydrogen-bond acceptors (Lipinski definition) is 5. The average molecular weight is 230 g/mol. The van der Waals surface area contributed by atoms with Crippen LogP contribution in [-0.2, 0) is 0 Å². The van der Waals surface area contributed by atoms with Crippen LogP contribution < -0.4 is 0 Å². The topological polar surface area (TPSA) is 88.9 Å². The second-order valence-electron chi connectivity index (χ2n) is 3.66. The minimum Gasteiger partial charge on any atom is -0.478 e. The quantitative estimate of drug-likeness (QED) is 0.835. The predicted molar refractivity (Wildman–Crippen MR) is 59.5 cm³/mol. The van der Waals surface area contributed by atoms with Gasteiger partial charge in [0, 0.05) is 5.56 Å². The second-order valence-corrected chi connectivity index (χ2v) is 3.66. The molecule has 0 amide bonds. The summed E-state index contributed by atoms with van der Waals surface area (Å²) >= 11 is 0. The van der Waals surface area contributed by atoms with Gasteiger partial charge in [-0.3, -0.25) is 0 Å². The SMILES string of the molecule is Cc1cc(C(=O)O)cc(-c2nnc(C)nn2)c1. The van der Waals surface area contributed by atoms with Crippen LogP contribution in [0.4, 0.5) is 0 Å². The third-order valence-electron chi connectivity index (χ3n) is 2.16. The summed E-state index contributed by atoms with van der Waals surface area (Å²) in [4.78, 5) is 10.9. The van der Waals surface area contributed by atoms with Gasteiger partial charge in [-0.2, -0.15) is 0 Å².